The highest BCUT2D eigenvalue weighted by molar-refractivity contribution is 4.84. The summed E-state index contributed by atoms with van der Waals surface area (Å²) in [6.07, 6.45) is -2.07. The molecule has 0 aliphatic rings. The van der Waals surface area contributed by atoms with E-state index in [0.29, 0.717) is 13.3 Å². The van der Waals surface area contributed by atoms with Gasteiger partial charge in [0.2, 0.25) is 12.1 Å². The molecule has 9 nitrogen and oxygen atoms in total. The van der Waals surface area contributed by atoms with Crippen molar-refractivity contribution in [2.45, 2.75) is 50.6 Å². The molecule has 0 saturated heterocycles. The fourth-order valence-corrected chi connectivity index (χ4v) is 1.26. The van der Waals surface area contributed by atoms with Gasteiger partial charge in [0, 0.05) is 6.54 Å². The molecule has 0 bridgehead atoms. The molecule has 0 rings (SSSR count). The third-order valence-corrected chi connectivity index (χ3v) is 2.49. The number of hydrogen-bond donors (Lipinski definition) is 8. The van der Waals surface area contributed by atoms with E-state index in [2.05, 4.69) is 0 Å². The quantitative estimate of drug-likeness (QED) is 0.218. The van der Waals surface area contributed by atoms with Gasteiger partial charge in [0.05, 0.1) is 0 Å². The Kier molecular flexibility index (Phi) is 5.62. The minimum absolute atomic E-state index is 0.0336. The number of aliphatic hydroxyl groups excluding tert-OH is 1. The maximum absolute atomic E-state index is 9.56. The summed E-state index contributed by atoms with van der Waals surface area (Å²) in [5.74, 6) is -10.1. The summed E-state index contributed by atoms with van der Waals surface area (Å²) in [7, 11) is 0. The zero-order chi connectivity index (χ0) is 14.8. The van der Waals surface area contributed by atoms with Crippen molar-refractivity contribution in [2.24, 2.45) is 0 Å². The Morgan fingerprint density at radius 2 is 1.44 bits per heavy atom. The highest BCUT2D eigenvalue weighted by Gasteiger charge is 2.57. The lowest BCUT2D eigenvalue weighted by Gasteiger charge is -2.46. The summed E-state index contributed by atoms with van der Waals surface area (Å²) in [6, 6.07) is 0. The maximum atomic E-state index is 9.56. The van der Waals surface area contributed by atoms with Crippen LogP contribution in [0.25, 0.3) is 0 Å². The first-order valence-electron chi connectivity index (χ1n) is 5.37. The van der Waals surface area contributed by atoms with Gasteiger partial charge in [0.25, 0.3) is 11.8 Å². The van der Waals surface area contributed by atoms with Crippen LogP contribution in [0.2, 0.25) is 0 Å². The largest absolute Gasteiger partial charge is 0.363 e. The van der Waals surface area contributed by atoms with E-state index in [4.69, 9.17) is 10.2 Å². The minimum atomic E-state index is -3.50. The Balaban J connectivity index is 5.36. The summed E-state index contributed by atoms with van der Waals surface area (Å²) >= 11 is 0. The smallest absolute Gasteiger partial charge is 0.285 e. The average molecular weight is 271 g/mol. The van der Waals surface area contributed by atoms with Crippen LogP contribution in [-0.4, -0.2) is 76.2 Å². The Bertz CT molecular complexity index is 260. The molecule has 0 aliphatic heterocycles. The van der Waals surface area contributed by atoms with Crippen molar-refractivity contribution >= 4 is 0 Å². The van der Waals surface area contributed by atoms with Gasteiger partial charge in [0.15, 0.2) is 0 Å². The molecular weight excluding hydrogens is 250 g/mol. The molecule has 0 saturated carbocycles. The number of nitrogens with zero attached hydrogens (tertiary/aromatic N) is 1. The molecule has 0 aromatic carbocycles. The van der Waals surface area contributed by atoms with Crippen molar-refractivity contribution in [2.75, 3.05) is 6.54 Å². The number of unbranched alkanes of at least 4 members (excludes halogenated alkanes) is 1. The van der Waals surface area contributed by atoms with Gasteiger partial charge < -0.3 is 40.9 Å². The topological polar surface area (TPSA) is 165 Å². The third kappa shape index (κ3) is 3.57. The second-order valence-corrected chi connectivity index (χ2v) is 4.22. The molecule has 0 unspecified atom stereocenters. The van der Waals surface area contributed by atoms with Crippen LogP contribution in [0, 0.1) is 0 Å². The molecule has 0 aliphatic carbocycles. The summed E-state index contributed by atoms with van der Waals surface area (Å²) in [4.78, 5) is -0.0336. The van der Waals surface area contributed by atoms with Crippen molar-refractivity contribution in [1.82, 2.24) is 4.90 Å². The lowest BCUT2D eigenvalue weighted by Crippen LogP contribution is -2.73. The molecule has 0 atom stereocenters. The van der Waals surface area contributed by atoms with Crippen molar-refractivity contribution in [1.29, 1.82) is 0 Å². The van der Waals surface area contributed by atoms with E-state index in [-0.39, 0.29) is 11.3 Å². The summed E-state index contributed by atoms with van der Waals surface area (Å²) < 4.78 is 0. The average Bonchev–Trinajstić information content (AvgIpc) is 2.15. The first-order valence-corrected chi connectivity index (χ1v) is 5.37. The van der Waals surface area contributed by atoms with Crippen LogP contribution in [0.1, 0.15) is 26.7 Å². The molecule has 0 fully saturated rings. The fourth-order valence-electron chi connectivity index (χ4n) is 1.26. The third-order valence-electron chi connectivity index (χ3n) is 2.49. The first-order chi connectivity index (χ1) is 7.89. The second kappa shape index (κ2) is 5.74. The zero-order valence-corrected chi connectivity index (χ0v) is 10.2. The van der Waals surface area contributed by atoms with Crippen LogP contribution in [-0.2, 0) is 0 Å². The monoisotopic (exact) mass is 271 g/mol. The van der Waals surface area contributed by atoms with Gasteiger partial charge in [-0.15, -0.1) is 0 Å². The molecule has 0 amide bonds. The van der Waals surface area contributed by atoms with E-state index in [1.54, 1.807) is 6.92 Å². The van der Waals surface area contributed by atoms with Crippen LogP contribution in [0.5, 0.6) is 0 Å². The van der Waals surface area contributed by atoms with Gasteiger partial charge in [0.1, 0.15) is 0 Å². The molecule has 0 heterocycles. The van der Waals surface area contributed by atoms with E-state index in [1.807, 2.05) is 0 Å². The van der Waals surface area contributed by atoms with Gasteiger partial charge >= 0.3 is 0 Å². The lowest BCUT2D eigenvalue weighted by atomic mass is 10.1. The maximum Gasteiger partial charge on any atom is 0.285 e. The highest BCUT2D eigenvalue weighted by atomic mass is 16.7. The van der Waals surface area contributed by atoms with Crippen LogP contribution in [0.3, 0.4) is 0 Å². The molecule has 0 aromatic rings. The van der Waals surface area contributed by atoms with Gasteiger partial charge in [-0.2, -0.15) is 4.90 Å². The van der Waals surface area contributed by atoms with Crippen molar-refractivity contribution < 1.29 is 40.9 Å². The van der Waals surface area contributed by atoms with Crippen LogP contribution in [0.15, 0.2) is 0 Å². The molecule has 110 valence electrons. The van der Waals surface area contributed by atoms with Crippen LogP contribution in [0.4, 0.5) is 0 Å². The summed E-state index contributed by atoms with van der Waals surface area (Å²) in [6.45, 7) is 1.86. The van der Waals surface area contributed by atoms with Crippen molar-refractivity contribution in [3.8, 4) is 0 Å². The predicted octanol–water partition coefficient (Wildman–Crippen LogP) is -3.62. The molecule has 0 aromatic heterocycles. The van der Waals surface area contributed by atoms with Gasteiger partial charge in [-0.25, -0.2) is 0 Å². The van der Waals surface area contributed by atoms with Crippen molar-refractivity contribution in [3.63, 3.8) is 0 Å². The highest BCUT2D eigenvalue weighted by Crippen LogP contribution is 2.28. The number of aliphatic hydroxyl groups is 8. The number of hydrogen-bond acceptors (Lipinski definition) is 9. The standard InChI is InChI=1S/C9H21NO8/c1-3-4-5-10(8(15,16)6(11)12)9(17,18)7(2,13)14/h6,11-18H,3-5H2,1-2H3. The first kappa shape index (κ1) is 17.6. The fraction of sp³-hybridized carbons (Fsp3) is 1.00. The Morgan fingerprint density at radius 1 is 1.00 bits per heavy atom. The van der Waals surface area contributed by atoms with Gasteiger partial charge in [-0.1, -0.05) is 13.3 Å². The SMILES string of the molecule is CCCCN(C(O)(O)C(O)O)C(O)(O)C(C)(O)O. The van der Waals surface area contributed by atoms with E-state index < -0.39 is 30.4 Å². The lowest BCUT2D eigenvalue weighted by molar-refractivity contribution is -0.483. The molecule has 0 radical (unpaired) electrons. The van der Waals surface area contributed by atoms with E-state index in [9.17, 15) is 30.6 Å². The normalized spacial score (nSPS) is 14.7. The Labute approximate surface area is 104 Å². The molecular formula is C9H21NO8. The summed E-state index contributed by atoms with van der Waals surface area (Å²) in [5.41, 5.74) is 0. The molecule has 8 N–H and O–H groups in total. The number of rotatable bonds is 7. The molecule has 9 heteroatoms. The van der Waals surface area contributed by atoms with Crippen LogP contribution < -0.4 is 0 Å². The van der Waals surface area contributed by atoms with E-state index >= 15 is 0 Å². The summed E-state index contributed by atoms with van der Waals surface area (Å²) in [5, 5.41) is 73.9. The van der Waals surface area contributed by atoms with Gasteiger partial charge in [-0.3, -0.25) is 0 Å². The minimum Gasteiger partial charge on any atom is -0.363 e. The van der Waals surface area contributed by atoms with Gasteiger partial charge in [-0.05, 0) is 13.3 Å². The van der Waals surface area contributed by atoms with Crippen molar-refractivity contribution in [3.05, 3.63) is 0 Å². The van der Waals surface area contributed by atoms with E-state index in [1.165, 1.54) is 0 Å². The zero-order valence-electron chi connectivity index (χ0n) is 10.2. The Hall–Kier alpha value is -0.360. The predicted molar refractivity (Wildman–Crippen MR) is 57.0 cm³/mol. The molecule has 18 heavy (non-hydrogen) atoms. The van der Waals surface area contributed by atoms with E-state index in [0.717, 1.165) is 0 Å². The molecule has 0 spiro atoms. The van der Waals surface area contributed by atoms with Crippen LogP contribution >= 0.6 is 0 Å². The second-order valence-electron chi connectivity index (χ2n) is 4.22. The Morgan fingerprint density at radius 3 is 1.72 bits per heavy atom.